The quantitative estimate of drug-likeness (QED) is 0.0125. The molecule has 0 radical (unpaired) electrons. The zero-order valence-electron chi connectivity index (χ0n) is 79.3. The number of Topliss-reactive ketones (excluding diaryl/α,β-unsaturated/α-hetero) is 3. The third-order valence-corrected chi connectivity index (χ3v) is 24.7. The zero-order valence-corrected chi connectivity index (χ0v) is 79.3. The number of nitrogens with zero attached hydrogens (tertiary/aromatic N) is 7. The van der Waals surface area contributed by atoms with Gasteiger partial charge in [0.15, 0.2) is 11.4 Å². The van der Waals surface area contributed by atoms with E-state index in [1.165, 1.54) is 29.5 Å². The van der Waals surface area contributed by atoms with Crippen molar-refractivity contribution in [2.45, 2.75) is 246 Å². The van der Waals surface area contributed by atoms with Crippen LogP contribution in [0.3, 0.4) is 0 Å². The van der Waals surface area contributed by atoms with E-state index in [0.29, 0.717) is 205 Å². The SMILES string of the molecule is CCCOCCC(=O)N1CCc2cc(Cn3nc(-c4cnc5[nH]ccc5c4)c4c(N)ncnc43)ccc2C1.CCCOCCCC(=O)O[C@@H]1CC[C@@H](C[C@@H](C)[C@@H]2CC(=O)[C@H](C)/C=C(\C)[C@@H](O)[C@@H](OC)C(=O)[C@H](C)C[C@H](C)/C=C/C=C/C=C(\C)[C@@H](OC)C[C@@H]3CC[C@@H](C)[C@@](O)(O3)C(=O)C(=O)N3CCCC[C@H]3C(=O)O2)C[C@H]1OC.COCCOCCOCCOCCOCCOC. The normalized spacial score (nSPS) is 26.4. The lowest BCUT2D eigenvalue weighted by molar-refractivity contribution is -0.265. The number of H-pyrrole nitrogens is 1. The molecular formula is C98H147N9O23. The summed E-state index contributed by atoms with van der Waals surface area (Å²) in [6, 6.07) is 9.29. The molecule has 2 amide bonds. The number of hydrogen-bond acceptors (Lipinski definition) is 28. The van der Waals surface area contributed by atoms with E-state index in [1.807, 2.05) is 92.9 Å². The number of carbonyl (C=O) groups excluding carboxylic acids is 7. The van der Waals surface area contributed by atoms with Crippen LogP contribution in [-0.4, -0.2) is 287 Å². The van der Waals surface area contributed by atoms with Crippen molar-refractivity contribution in [1.82, 2.24) is 39.5 Å². The number of benzene rings is 1. The van der Waals surface area contributed by atoms with Gasteiger partial charge in [0.1, 0.15) is 59.7 Å². The van der Waals surface area contributed by atoms with Gasteiger partial charge >= 0.3 is 11.9 Å². The molecular weight excluding hydrogens is 1670 g/mol. The zero-order chi connectivity index (χ0) is 94.1. The number of allylic oxidation sites excluding steroid dienone is 6. The first-order valence-electron chi connectivity index (χ1n) is 46.6. The number of aromatic nitrogens is 6. The number of nitrogens with two attached hydrogens (primary N) is 1. The molecule has 1 aromatic carbocycles. The van der Waals surface area contributed by atoms with Crippen molar-refractivity contribution in [2.24, 2.45) is 35.5 Å². The molecule has 15 atom stereocenters. The van der Waals surface area contributed by atoms with Gasteiger partial charge in [0.05, 0.1) is 109 Å². The number of methoxy groups -OCH3 is 5. The molecule has 8 heterocycles. The number of hydrogen-bond donors (Lipinski definition) is 4. The van der Waals surface area contributed by atoms with Crippen LogP contribution in [-0.2, 0) is 119 Å². The molecule has 4 aromatic heterocycles. The van der Waals surface area contributed by atoms with Crippen LogP contribution in [0.25, 0.3) is 33.3 Å². The van der Waals surface area contributed by atoms with Gasteiger partial charge in [-0.05, 0) is 161 Å². The number of aliphatic hydroxyl groups is 2. The maximum atomic E-state index is 14.6. The van der Waals surface area contributed by atoms with E-state index >= 15 is 0 Å². The number of esters is 2. The van der Waals surface area contributed by atoms with E-state index < -0.39 is 83.9 Å². The van der Waals surface area contributed by atoms with Gasteiger partial charge < -0.3 is 97.0 Å². The Kier molecular flexibility index (Phi) is 46.5. The highest BCUT2D eigenvalue weighted by molar-refractivity contribution is 6.39. The monoisotopic (exact) mass is 1820 g/mol. The number of aromatic amines is 1. The molecule has 5 aromatic rings. The molecule has 32 nitrogen and oxygen atoms in total. The average molecular weight is 1820 g/mol. The minimum absolute atomic E-state index is 0.00633. The minimum Gasteiger partial charge on any atom is -0.460 e. The van der Waals surface area contributed by atoms with Gasteiger partial charge in [0, 0.05) is 135 Å². The first kappa shape index (κ1) is 107. The lowest BCUT2D eigenvalue weighted by Crippen LogP contribution is -2.61. The second kappa shape index (κ2) is 56.5. The molecule has 722 valence electrons. The molecule has 0 spiro atoms. The maximum Gasteiger partial charge on any atom is 0.329 e. The first-order valence-corrected chi connectivity index (χ1v) is 46.6. The van der Waals surface area contributed by atoms with E-state index in [4.69, 9.17) is 77.1 Å². The third kappa shape index (κ3) is 32.7. The number of anilines is 1. The first-order chi connectivity index (χ1) is 62.7. The van der Waals surface area contributed by atoms with E-state index in [0.717, 1.165) is 58.9 Å². The molecule has 5 N–H and O–H groups in total. The number of nitrogen functional groups attached to an aromatic ring is 1. The van der Waals surface area contributed by atoms with E-state index in [2.05, 4.69) is 45.1 Å². The van der Waals surface area contributed by atoms with E-state index in [-0.39, 0.29) is 73.1 Å². The third-order valence-electron chi connectivity index (χ3n) is 24.7. The summed E-state index contributed by atoms with van der Waals surface area (Å²) in [6.45, 7) is 26.9. The fourth-order valence-electron chi connectivity index (χ4n) is 17.1. The van der Waals surface area contributed by atoms with Crippen LogP contribution in [0.1, 0.15) is 188 Å². The molecule has 3 fully saturated rings. The van der Waals surface area contributed by atoms with Crippen molar-refractivity contribution in [1.29, 1.82) is 0 Å². The second-order valence-corrected chi connectivity index (χ2v) is 34.8. The Balaban J connectivity index is 0.000000304. The molecule has 5 aliphatic rings. The molecule has 1 saturated carbocycles. The number of nitrogens with one attached hydrogen (secondary N) is 1. The lowest BCUT2D eigenvalue weighted by Gasteiger charge is -2.42. The van der Waals surface area contributed by atoms with Crippen LogP contribution >= 0.6 is 0 Å². The predicted octanol–water partition coefficient (Wildman–Crippen LogP) is 12.0. The van der Waals surface area contributed by atoms with E-state index in [1.54, 1.807) is 61.5 Å². The lowest BCUT2D eigenvalue weighted by atomic mass is 9.78. The standard InChI is InChI=1S/C58H91NO15.C28H30N8O2.C12H26O6/c1-12-28-71-29-18-22-51(61)72-47-26-24-43(33-50(47)69-10)32-39(5)49-35-46(60)38(4)31-41(7)53(63)54(70-11)52(62)40(6)30-36(2)19-14-13-15-20-37(3)48(68-9)34-44-25-23-42(8)58(67,74-44)55(64)56(65)59-27-17-16-21-45(59)57(66)73-49;1-2-10-38-11-7-23(37)35-9-6-19-12-18(3-4-21(19)16-35)15-36-28-24(26(29)32-17-33-28)25(34-36)22-13-20-5-8-30-27(20)31-14-22;1-13-3-5-15-7-9-17-11-12-18-10-8-16-6-4-14-2/h13-15,19-20,31,36,38-40,42-45,47-50,53-54,63,67H,12,16-18,21-30,32-35H2,1-11H3;3-5,8,12-14,17H,2,6-7,9-11,15-16H2,1H3,(H,30,31)(H2,29,32,33);3-12H2,1-2H3/b15-13+,19-14+,37-20+,41-31+;;/t36-,38-,39-,40-,42-,43+,44+,45+,47-,48+,49+,50-,53-,54+,58-;;/m1../s1. The number of cyclic esters (lactones) is 1. The summed E-state index contributed by atoms with van der Waals surface area (Å²) in [5, 5.41) is 30.2. The number of ketones is 3. The summed E-state index contributed by atoms with van der Waals surface area (Å²) in [4.78, 5) is 116. The van der Waals surface area contributed by atoms with Crippen LogP contribution in [0.2, 0.25) is 0 Å². The van der Waals surface area contributed by atoms with Gasteiger partial charge in [-0.3, -0.25) is 28.8 Å². The Bertz CT molecular complexity index is 4440. The predicted molar refractivity (Wildman–Crippen MR) is 492 cm³/mol. The highest BCUT2D eigenvalue weighted by Gasteiger charge is 2.53. The smallest absolute Gasteiger partial charge is 0.329 e. The average Bonchev–Trinajstić information content (AvgIpc) is 1.59. The largest absolute Gasteiger partial charge is 0.460 e. The number of pyridine rings is 1. The Hall–Kier alpha value is -8.45. The molecule has 4 aliphatic heterocycles. The number of piperidine rings is 1. The molecule has 1 aliphatic carbocycles. The fraction of sp³-hybridized carbons (Fsp3) is 0.663. The van der Waals surface area contributed by atoms with Crippen molar-refractivity contribution >= 4 is 69.0 Å². The summed E-state index contributed by atoms with van der Waals surface area (Å²) in [7, 11) is 7.84. The maximum absolute atomic E-state index is 14.6. The molecule has 32 heteroatoms. The van der Waals surface area contributed by atoms with Crippen molar-refractivity contribution < 1.29 is 110 Å². The Labute approximate surface area is 767 Å². The number of ether oxygens (including phenoxy) is 14. The summed E-state index contributed by atoms with van der Waals surface area (Å²) >= 11 is 0. The Morgan fingerprint density at radius 1 is 0.708 bits per heavy atom. The second-order valence-electron chi connectivity index (χ2n) is 34.8. The van der Waals surface area contributed by atoms with Crippen molar-refractivity contribution in [2.75, 3.05) is 147 Å². The molecule has 2 saturated heterocycles. The Morgan fingerprint density at radius 3 is 2.08 bits per heavy atom. The van der Waals surface area contributed by atoms with Gasteiger partial charge in [-0.25, -0.2) is 24.4 Å². The minimum atomic E-state index is -2.45. The number of carbonyl (C=O) groups is 7. The van der Waals surface area contributed by atoms with Crippen molar-refractivity contribution in [3.8, 4) is 11.3 Å². The molecule has 130 heavy (non-hydrogen) atoms. The molecule has 10 rings (SSSR count). The molecule has 0 unspecified atom stereocenters. The number of rotatable bonds is 36. The van der Waals surface area contributed by atoms with Gasteiger partial charge in [0.2, 0.25) is 11.7 Å². The van der Waals surface area contributed by atoms with Crippen molar-refractivity contribution in [3.05, 3.63) is 113 Å². The topological polar surface area (TPSA) is 394 Å². The fourth-order valence-corrected chi connectivity index (χ4v) is 17.1. The van der Waals surface area contributed by atoms with Gasteiger partial charge in [0.25, 0.3) is 11.7 Å². The summed E-state index contributed by atoms with van der Waals surface area (Å²) in [5.74, 6) is -8.00. The van der Waals surface area contributed by atoms with Crippen molar-refractivity contribution in [3.63, 3.8) is 0 Å². The Morgan fingerprint density at radius 2 is 1.40 bits per heavy atom. The van der Waals surface area contributed by atoms with Gasteiger partial charge in [-0.2, -0.15) is 5.10 Å². The van der Waals surface area contributed by atoms with Crippen LogP contribution in [0.15, 0.2) is 96.7 Å². The number of amides is 2. The molecule has 2 bridgehead atoms. The number of fused-ring (bicyclic) bond motifs is 6. The van der Waals surface area contributed by atoms with Gasteiger partial charge in [-0.15, -0.1) is 0 Å². The summed E-state index contributed by atoms with van der Waals surface area (Å²) in [5.41, 5.74) is 14.2. The van der Waals surface area contributed by atoms with Crippen LogP contribution in [0, 0.1) is 35.5 Å². The van der Waals surface area contributed by atoms with Crippen LogP contribution in [0.5, 0.6) is 0 Å². The summed E-state index contributed by atoms with van der Waals surface area (Å²) < 4.78 is 79.4. The highest BCUT2D eigenvalue weighted by Crippen LogP contribution is 2.40. The van der Waals surface area contributed by atoms with Crippen LogP contribution in [0.4, 0.5) is 5.82 Å². The highest BCUT2D eigenvalue weighted by atomic mass is 16.6. The van der Waals surface area contributed by atoms with E-state index in [9.17, 15) is 43.8 Å². The number of aliphatic hydroxyl groups excluding tert-OH is 1. The summed E-state index contributed by atoms with van der Waals surface area (Å²) in [6.07, 6.45) is 20.0. The van der Waals surface area contributed by atoms with Gasteiger partial charge in [-0.1, -0.05) is 103 Å². The van der Waals surface area contributed by atoms with Crippen LogP contribution < -0.4 is 5.73 Å².